The first-order valence-electron chi connectivity index (χ1n) is 8.26. The number of hydrogen-bond acceptors (Lipinski definition) is 5. The number of nitrogens with two attached hydrogens (primary N) is 1. The molecule has 0 atom stereocenters. The minimum Gasteiger partial charge on any atom is -0.493 e. The van der Waals surface area contributed by atoms with E-state index in [-0.39, 0.29) is 17.2 Å². The Morgan fingerprint density at radius 2 is 1.57 bits per heavy atom. The Morgan fingerprint density at radius 3 is 2.11 bits per heavy atom. The lowest BCUT2D eigenvalue weighted by Crippen LogP contribution is -2.17. The van der Waals surface area contributed by atoms with Crippen LogP contribution >= 0.6 is 0 Å². The molecule has 4 N–H and O–H groups in total. The van der Waals surface area contributed by atoms with Gasteiger partial charge >= 0.3 is 0 Å². The summed E-state index contributed by atoms with van der Waals surface area (Å²) in [5.41, 5.74) is 7.10. The highest BCUT2D eigenvalue weighted by Crippen LogP contribution is 2.33. The molecule has 0 aliphatic rings. The fourth-order valence-corrected chi connectivity index (χ4v) is 2.41. The van der Waals surface area contributed by atoms with Crippen molar-refractivity contribution in [3.63, 3.8) is 0 Å². The predicted octanol–water partition coefficient (Wildman–Crippen LogP) is 2.41. The van der Waals surface area contributed by atoms with Gasteiger partial charge in [0.1, 0.15) is 0 Å². The van der Waals surface area contributed by atoms with Gasteiger partial charge in [0.2, 0.25) is 11.8 Å². The average molecular weight is 383 g/mol. The molecule has 2 aromatic rings. The normalized spacial score (nSPS) is 10.4. The average Bonchev–Trinajstić information content (AvgIpc) is 2.66. The first-order valence-corrected chi connectivity index (χ1v) is 8.26. The van der Waals surface area contributed by atoms with Crippen molar-refractivity contribution < 1.29 is 23.9 Å². The molecule has 28 heavy (non-hydrogen) atoms. The van der Waals surface area contributed by atoms with Crippen molar-refractivity contribution in [2.75, 3.05) is 24.9 Å². The number of nitrogens with one attached hydrogen (secondary N) is 2. The topological polar surface area (TPSA) is 120 Å². The lowest BCUT2D eigenvalue weighted by molar-refractivity contribution is -0.114. The fourth-order valence-electron chi connectivity index (χ4n) is 2.41. The van der Waals surface area contributed by atoms with Crippen LogP contribution in [-0.2, 0) is 9.59 Å². The molecule has 0 heterocycles. The maximum atomic E-state index is 12.2. The Morgan fingerprint density at radius 1 is 0.964 bits per heavy atom. The molecule has 0 saturated heterocycles. The maximum Gasteiger partial charge on any atom is 0.250 e. The van der Waals surface area contributed by atoms with Crippen molar-refractivity contribution in [1.82, 2.24) is 0 Å². The van der Waals surface area contributed by atoms with Crippen molar-refractivity contribution in [3.05, 3.63) is 53.6 Å². The number of rotatable bonds is 7. The molecule has 2 aromatic carbocycles. The van der Waals surface area contributed by atoms with Crippen LogP contribution in [0.2, 0.25) is 0 Å². The Bertz CT molecular complexity index is 920. The second-order valence-electron chi connectivity index (χ2n) is 5.74. The third-order valence-corrected chi connectivity index (χ3v) is 3.71. The fraction of sp³-hybridized carbons (Fsp3) is 0.150. The summed E-state index contributed by atoms with van der Waals surface area (Å²) >= 11 is 0. The van der Waals surface area contributed by atoms with Gasteiger partial charge in [-0.05, 0) is 29.8 Å². The molecule has 0 spiro atoms. The van der Waals surface area contributed by atoms with Gasteiger partial charge in [0, 0.05) is 24.8 Å². The van der Waals surface area contributed by atoms with E-state index in [4.69, 9.17) is 15.2 Å². The van der Waals surface area contributed by atoms with Crippen LogP contribution in [0, 0.1) is 0 Å². The van der Waals surface area contributed by atoms with Gasteiger partial charge in [-0.1, -0.05) is 12.1 Å². The number of hydrogen-bond donors (Lipinski definition) is 3. The highest BCUT2D eigenvalue weighted by Gasteiger charge is 2.16. The van der Waals surface area contributed by atoms with Crippen LogP contribution in [0.5, 0.6) is 11.5 Å². The lowest BCUT2D eigenvalue weighted by atomic mass is 10.1. The van der Waals surface area contributed by atoms with Gasteiger partial charge in [0.25, 0.3) is 5.91 Å². The maximum absolute atomic E-state index is 12.2. The molecular formula is C20H21N3O5. The van der Waals surface area contributed by atoms with Crippen molar-refractivity contribution in [3.8, 4) is 11.5 Å². The second-order valence-corrected chi connectivity index (χ2v) is 5.74. The van der Waals surface area contributed by atoms with E-state index in [2.05, 4.69) is 10.6 Å². The number of benzene rings is 2. The predicted molar refractivity (Wildman–Crippen MR) is 106 cm³/mol. The molecule has 0 aromatic heterocycles. The van der Waals surface area contributed by atoms with Crippen molar-refractivity contribution >= 4 is 35.2 Å². The Kier molecular flexibility index (Phi) is 6.75. The molecular weight excluding hydrogens is 362 g/mol. The molecule has 3 amide bonds. The smallest absolute Gasteiger partial charge is 0.250 e. The van der Waals surface area contributed by atoms with E-state index in [0.29, 0.717) is 17.2 Å². The number of carbonyl (C=O) groups is 3. The van der Waals surface area contributed by atoms with Crippen LogP contribution in [0.3, 0.4) is 0 Å². The summed E-state index contributed by atoms with van der Waals surface area (Å²) in [6.07, 6.45) is 2.91. The number of primary amides is 1. The molecule has 8 nitrogen and oxygen atoms in total. The van der Waals surface area contributed by atoms with E-state index in [1.54, 1.807) is 30.3 Å². The molecule has 0 saturated carbocycles. The Balaban J connectivity index is 2.16. The van der Waals surface area contributed by atoms with Crippen LogP contribution in [0.25, 0.3) is 6.08 Å². The molecule has 0 aliphatic carbocycles. The first-order chi connectivity index (χ1) is 13.3. The number of ether oxygens (including phenoxy) is 2. The molecule has 2 rings (SSSR count). The molecule has 0 unspecified atom stereocenters. The van der Waals surface area contributed by atoms with Gasteiger partial charge in [-0.3, -0.25) is 14.4 Å². The van der Waals surface area contributed by atoms with Gasteiger partial charge in [0.15, 0.2) is 11.5 Å². The molecule has 146 valence electrons. The van der Waals surface area contributed by atoms with E-state index >= 15 is 0 Å². The van der Waals surface area contributed by atoms with Crippen LogP contribution in [-0.4, -0.2) is 31.9 Å². The largest absolute Gasteiger partial charge is 0.493 e. The zero-order chi connectivity index (χ0) is 20.7. The van der Waals surface area contributed by atoms with Gasteiger partial charge in [-0.2, -0.15) is 0 Å². The molecule has 8 heteroatoms. The Hall–Kier alpha value is -3.81. The summed E-state index contributed by atoms with van der Waals surface area (Å²) in [6, 6.07) is 9.81. The highest BCUT2D eigenvalue weighted by molar-refractivity contribution is 6.07. The van der Waals surface area contributed by atoms with Crippen LogP contribution in [0.4, 0.5) is 11.4 Å². The zero-order valence-electron chi connectivity index (χ0n) is 15.7. The van der Waals surface area contributed by atoms with Crippen molar-refractivity contribution in [2.24, 2.45) is 5.73 Å². The SMILES string of the molecule is COc1cc(NC(=O)/C=C/c2ccc(NC(C)=O)cc2)c(C(N)=O)cc1OC. The van der Waals surface area contributed by atoms with Crippen LogP contribution in [0.15, 0.2) is 42.5 Å². The molecule has 0 aliphatic heterocycles. The van der Waals surface area contributed by atoms with E-state index in [1.165, 1.54) is 39.4 Å². The van der Waals surface area contributed by atoms with Gasteiger partial charge in [0.05, 0.1) is 25.5 Å². The highest BCUT2D eigenvalue weighted by atomic mass is 16.5. The van der Waals surface area contributed by atoms with Crippen LogP contribution in [0.1, 0.15) is 22.8 Å². The van der Waals surface area contributed by atoms with E-state index in [0.717, 1.165) is 5.56 Å². The minimum absolute atomic E-state index is 0.0964. The summed E-state index contributed by atoms with van der Waals surface area (Å²) in [5, 5.41) is 5.26. The molecule has 0 bridgehead atoms. The monoisotopic (exact) mass is 383 g/mol. The number of anilines is 2. The van der Waals surface area contributed by atoms with Crippen LogP contribution < -0.4 is 25.8 Å². The lowest BCUT2D eigenvalue weighted by Gasteiger charge is -2.13. The zero-order valence-corrected chi connectivity index (χ0v) is 15.7. The van der Waals surface area contributed by atoms with E-state index in [1.807, 2.05) is 0 Å². The number of amides is 3. The number of carbonyl (C=O) groups excluding carboxylic acids is 3. The second kappa shape index (κ2) is 9.22. The molecule has 0 fully saturated rings. The summed E-state index contributed by atoms with van der Waals surface area (Å²) in [7, 11) is 2.87. The van der Waals surface area contributed by atoms with Gasteiger partial charge in [-0.25, -0.2) is 0 Å². The third kappa shape index (κ3) is 5.34. The van der Waals surface area contributed by atoms with Crippen molar-refractivity contribution in [2.45, 2.75) is 6.92 Å². The summed E-state index contributed by atoms with van der Waals surface area (Å²) in [6.45, 7) is 1.42. The minimum atomic E-state index is -0.714. The van der Waals surface area contributed by atoms with Gasteiger partial charge in [-0.15, -0.1) is 0 Å². The van der Waals surface area contributed by atoms with Gasteiger partial charge < -0.3 is 25.8 Å². The summed E-state index contributed by atoms with van der Waals surface area (Å²) in [5.74, 6) is -0.665. The third-order valence-electron chi connectivity index (χ3n) is 3.71. The quantitative estimate of drug-likeness (QED) is 0.634. The Labute approximate surface area is 162 Å². The standard InChI is InChI=1S/C20H21N3O5/c1-12(24)22-14-7-4-13(5-8-14)6-9-19(25)23-16-11-18(28-3)17(27-2)10-15(16)20(21)26/h4-11H,1-3H3,(H2,21,26)(H,22,24)(H,23,25)/b9-6+. The van der Waals surface area contributed by atoms with E-state index in [9.17, 15) is 14.4 Å². The number of methoxy groups -OCH3 is 2. The first kappa shape index (κ1) is 20.5. The summed E-state index contributed by atoms with van der Waals surface area (Å²) in [4.78, 5) is 35.0. The van der Waals surface area contributed by atoms with Crippen molar-refractivity contribution in [1.29, 1.82) is 0 Å². The van der Waals surface area contributed by atoms with E-state index < -0.39 is 11.8 Å². The molecule has 0 radical (unpaired) electrons. The summed E-state index contributed by atoms with van der Waals surface area (Å²) < 4.78 is 10.3.